The molecule has 34 heavy (non-hydrogen) atoms. The summed E-state index contributed by atoms with van der Waals surface area (Å²) < 4.78 is 34.5. The van der Waals surface area contributed by atoms with Crippen LogP contribution in [0.5, 0.6) is 0 Å². The van der Waals surface area contributed by atoms with Crippen molar-refractivity contribution in [1.29, 1.82) is 0 Å². The summed E-state index contributed by atoms with van der Waals surface area (Å²) in [6.07, 6.45) is 24.8. The first-order valence-electron chi connectivity index (χ1n) is 14.6. The fourth-order valence-electron chi connectivity index (χ4n) is 5.04. The number of unbranched alkanes of at least 4 members (excludes halogenated alkanes) is 15. The Bertz CT molecular complexity index is 740. The summed E-state index contributed by atoms with van der Waals surface area (Å²) in [4.78, 5) is 0.161. The van der Waals surface area contributed by atoms with Crippen molar-refractivity contribution >= 4 is 10.1 Å². The third kappa shape index (κ3) is 13.3. The first kappa shape index (κ1) is 31.2. The van der Waals surface area contributed by atoms with Crippen molar-refractivity contribution < 1.29 is 13.0 Å². The van der Waals surface area contributed by atoms with Gasteiger partial charge in [-0.3, -0.25) is 4.55 Å². The third-order valence-corrected chi connectivity index (χ3v) is 8.06. The van der Waals surface area contributed by atoms with Crippen LogP contribution in [0.1, 0.15) is 153 Å². The minimum absolute atomic E-state index is 0.161. The van der Waals surface area contributed by atoms with E-state index in [0.717, 1.165) is 50.5 Å². The van der Waals surface area contributed by atoms with Crippen LogP contribution in [-0.4, -0.2) is 13.0 Å². The summed E-state index contributed by atoms with van der Waals surface area (Å²) in [5.74, 6) is 0. The molecule has 0 aliphatic carbocycles. The molecule has 0 atom stereocenters. The van der Waals surface area contributed by atoms with Crippen LogP contribution in [0.15, 0.2) is 17.0 Å². The minimum atomic E-state index is -4.20. The summed E-state index contributed by atoms with van der Waals surface area (Å²) in [5.41, 5.74) is 3.46. The van der Waals surface area contributed by atoms with E-state index in [2.05, 4.69) is 20.8 Å². The van der Waals surface area contributed by atoms with Crippen LogP contribution in [0.4, 0.5) is 0 Å². The van der Waals surface area contributed by atoms with E-state index in [9.17, 15) is 13.0 Å². The molecule has 0 bridgehead atoms. The van der Waals surface area contributed by atoms with E-state index in [1.165, 1.54) is 101 Å². The largest absolute Gasteiger partial charge is 0.294 e. The highest BCUT2D eigenvalue weighted by molar-refractivity contribution is 7.85. The lowest BCUT2D eigenvalue weighted by atomic mass is 9.90. The molecule has 0 aliphatic heterocycles. The number of aryl methyl sites for hydroxylation is 1. The van der Waals surface area contributed by atoms with E-state index in [1.54, 1.807) is 6.07 Å². The van der Waals surface area contributed by atoms with Gasteiger partial charge >= 0.3 is 0 Å². The Morgan fingerprint density at radius 3 is 1.35 bits per heavy atom. The van der Waals surface area contributed by atoms with E-state index in [-0.39, 0.29) is 4.90 Å². The van der Waals surface area contributed by atoms with Gasteiger partial charge in [-0.05, 0) is 61.3 Å². The Morgan fingerprint density at radius 1 is 0.529 bits per heavy atom. The normalized spacial score (nSPS) is 11.9. The Kier molecular flexibility index (Phi) is 17.7. The fraction of sp³-hybridized carbons (Fsp3) is 0.800. The Hall–Kier alpha value is -0.870. The van der Waals surface area contributed by atoms with Crippen LogP contribution in [-0.2, 0) is 29.4 Å². The predicted octanol–water partition coefficient (Wildman–Crippen LogP) is 9.64. The molecule has 0 aliphatic rings. The summed E-state index contributed by atoms with van der Waals surface area (Å²) in [6.45, 7) is 6.71. The highest BCUT2D eigenvalue weighted by atomic mass is 32.2. The second-order valence-corrected chi connectivity index (χ2v) is 11.6. The quantitative estimate of drug-likeness (QED) is 0.129. The van der Waals surface area contributed by atoms with Gasteiger partial charge in [0.25, 0.3) is 10.1 Å². The zero-order valence-electron chi connectivity index (χ0n) is 22.7. The summed E-state index contributed by atoms with van der Waals surface area (Å²) in [7, 11) is -4.20. The molecule has 0 unspecified atom stereocenters. The van der Waals surface area contributed by atoms with Crippen molar-refractivity contribution in [2.24, 2.45) is 0 Å². The Balaban J connectivity index is 2.97. The maximum atomic E-state index is 12.3. The lowest BCUT2D eigenvalue weighted by Gasteiger charge is -2.18. The average Bonchev–Trinajstić information content (AvgIpc) is 2.80. The SMILES string of the molecule is CCCCCCCCc1ccc(S(=O)(=O)O)c(CCCCCCCC)c1CCCCCCCC. The molecule has 0 aromatic heterocycles. The third-order valence-electron chi connectivity index (χ3n) is 7.12. The Morgan fingerprint density at radius 2 is 0.912 bits per heavy atom. The molecule has 0 saturated heterocycles. The summed E-state index contributed by atoms with van der Waals surface area (Å²) in [5, 5.41) is 0. The molecule has 1 N–H and O–H groups in total. The Labute approximate surface area is 212 Å². The molecule has 0 saturated carbocycles. The lowest BCUT2D eigenvalue weighted by Crippen LogP contribution is -2.10. The van der Waals surface area contributed by atoms with Crippen LogP contribution in [0.25, 0.3) is 0 Å². The van der Waals surface area contributed by atoms with Crippen LogP contribution in [0, 0.1) is 0 Å². The second-order valence-electron chi connectivity index (χ2n) is 10.2. The molecule has 0 heterocycles. The van der Waals surface area contributed by atoms with Crippen LogP contribution in [0.2, 0.25) is 0 Å². The van der Waals surface area contributed by atoms with Crippen molar-refractivity contribution in [2.45, 2.75) is 161 Å². The van der Waals surface area contributed by atoms with E-state index < -0.39 is 10.1 Å². The molecule has 0 amide bonds. The highest BCUT2D eigenvalue weighted by Gasteiger charge is 2.20. The monoisotopic (exact) mass is 494 g/mol. The smallest absolute Gasteiger partial charge is 0.282 e. The van der Waals surface area contributed by atoms with Crippen molar-refractivity contribution in [3.8, 4) is 0 Å². The van der Waals surface area contributed by atoms with E-state index in [0.29, 0.717) is 0 Å². The molecule has 1 rings (SSSR count). The van der Waals surface area contributed by atoms with Gasteiger partial charge in [0.15, 0.2) is 0 Å². The van der Waals surface area contributed by atoms with Gasteiger partial charge in [0.05, 0.1) is 4.90 Å². The number of hydrogen-bond donors (Lipinski definition) is 1. The molecular formula is C30H54O3S. The summed E-state index contributed by atoms with van der Waals surface area (Å²) in [6, 6.07) is 3.67. The number of rotatable bonds is 22. The number of benzene rings is 1. The molecule has 0 spiro atoms. The van der Waals surface area contributed by atoms with E-state index in [4.69, 9.17) is 0 Å². The molecule has 3 nitrogen and oxygen atoms in total. The zero-order chi connectivity index (χ0) is 25.1. The van der Waals surface area contributed by atoms with Crippen molar-refractivity contribution in [2.75, 3.05) is 0 Å². The van der Waals surface area contributed by atoms with Gasteiger partial charge in [-0.1, -0.05) is 123 Å². The van der Waals surface area contributed by atoms with Gasteiger partial charge in [0.2, 0.25) is 0 Å². The van der Waals surface area contributed by atoms with Crippen LogP contribution >= 0.6 is 0 Å². The fourth-order valence-corrected chi connectivity index (χ4v) is 5.82. The van der Waals surface area contributed by atoms with Gasteiger partial charge < -0.3 is 0 Å². The zero-order valence-corrected chi connectivity index (χ0v) is 23.5. The first-order chi connectivity index (χ1) is 16.5. The van der Waals surface area contributed by atoms with Crippen LogP contribution < -0.4 is 0 Å². The molecule has 198 valence electrons. The van der Waals surface area contributed by atoms with Gasteiger partial charge in [-0.15, -0.1) is 0 Å². The standard InChI is InChI=1S/C30H54O3S/c1-4-7-10-13-16-19-22-27-25-26-30(34(31,32)33)29(24-21-18-15-12-9-6-3)28(27)23-20-17-14-11-8-5-2/h25-26H,4-24H2,1-3H3,(H,31,32,33). The first-order valence-corrected chi connectivity index (χ1v) is 16.0. The average molecular weight is 495 g/mol. The van der Waals surface area contributed by atoms with Gasteiger partial charge in [0, 0.05) is 0 Å². The van der Waals surface area contributed by atoms with E-state index in [1.807, 2.05) is 6.07 Å². The molecule has 1 aromatic rings. The minimum Gasteiger partial charge on any atom is -0.282 e. The van der Waals surface area contributed by atoms with Crippen molar-refractivity contribution in [3.05, 3.63) is 28.8 Å². The van der Waals surface area contributed by atoms with Crippen molar-refractivity contribution in [1.82, 2.24) is 0 Å². The molecular weight excluding hydrogens is 440 g/mol. The second kappa shape index (κ2) is 19.3. The van der Waals surface area contributed by atoms with Crippen LogP contribution in [0.3, 0.4) is 0 Å². The summed E-state index contributed by atoms with van der Waals surface area (Å²) >= 11 is 0. The van der Waals surface area contributed by atoms with Gasteiger partial charge in [-0.2, -0.15) is 8.42 Å². The highest BCUT2D eigenvalue weighted by Crippen LogP contribution is 2.29. The molecule has 0 radical (unpaired) electrons. The molecule has 1 aromatic carbocycles. The van der Waals surface area contributed by atoms with E-state index >= 15 is 0 Å². The predicted molar refractivity (Wildman–Crippen MR) is 147 cm³/mol. The molecule has 0 fully saturated rings. The van der Waals surface area contributed by atoms with Gasteiger partial charge in [0.1, 0.15) is 0 Å². The maximum Gasteiger partial charge on any atom is 0.294 e. The topological polar surface area (TPSA) is 54.4 Å². The van der Waals surface area contributed by atoms with Gasteiger partial charge in [-0.25, -0.2) is 0 Å². The van der Waals surface area contributed by atoms with Crippen molar-refractivity contribution in [3.63, 3.8) is 0 Å². The molecule has 4 heteroatoms. The maximum absolute atomic E-state index is 12.3. The number of hydrogen-bond acceptors (Lipinski definition) is 2. The lowest BCUT2D eigenvalue weighted by molar-refractivity contribution is 0.481.